The number of sulfone groups is 1. The van der Waals surface area contributed by atoms with Crippen molar-refractivity contribution in [1.82, 2.24) is 0 Å². The SMILES string of the molecule is O=S(=O)(Cc1c(F)cccc1Cl)c1cccs1. The lowest BCUT2D eigenvalue weighted by molar-refractivity contribution is 0.588. The first kappa shape index (κ1) is 12.5. The van der Waals surface area contributed by atoms with Gasteiger partial charge >= 0.3 is 0 Å². The highest BCUT2D eigenvalue weighted by Gasteiger charge is 2.20. The van der Waals surface area contributed by atoms with Crippen LogP contribution >= 0.6 is 22.9 Å². The molecule has 0 N–H and O–H groups in total. The fourth-order valence-corrected chi connectivity index (χ4v) is 4.16. The van der Waals surface area contributed by atoms with Crippen molar-refractivity contribution in [2.75, 3.05) is 0 Å². The number of rotatable bonds is 3. The Balaban J connectivity index is 2.40. The third-order valence-electron chi connectivity index (χ3n) is 2.20. The Morgan fingerprint density at radius 1 is 1.24 bits per heavy atom. The van der Waals surface area contributed by atoms with E-state index < -0.39 is 21.4 Å². The fraction of sp³-hybridized carbons (Fsp3) is 0.0909. The number of hydrogen-bond donors (Lipinski definition) is 0. The van der Waals surface area contributed by atoms with Crippen LogP contribution in [-0.2, 0) is 15.6 Å². The summed E-state index contributed by atoms with van der Waals surface area (Å²) in [5.41, 5.74) is 0.0163. The zero-order valence-electron chi connectivity index (χ0n) is 8.56. The molecule has 1 aromatic carbocycles. The van der Waals surface area contributed by atoms with Crippen molar-refractivity contribution in [2.24, 2.45) is 0 Å². The first-order chi connectivity index (χ1) is 8.00. The highest BCUT2D eigenvalue weighted by Crippen LogP contribution is 2.26. The Labute approximate surface area is 108 Å². The van der Waals surface area contributed by atoms with Gasteiger partial charge in [-0.2, -0.15) is 0 Å². The molecule has 2 nitrogen and oxygen atoms in total. The molecule has 0 saturated carbocycles. The van der Waals surface area contributed by atoms with Crippen LogP contribution < -0.4 is 0 Å². The van der Waals surface area contributed by atoms with Gasteiger partial charge in [0.1, 0.15) is 10.0 Å². The van der Waals surface area contributed by atoms with E-state index in [0.717, 1.165) is 11.3 Å². The summed E-state index contributed by atoms with van der Waals surface area (Å²) < 4.78 is 37.6. The molecule has 17 heavy (non-hydrogen) atoms. The first-order valence-electron chi connectivity index (χ1n) is 4.70. The molecule has 2 rings (SSSR count). The molecule has 2 aromatic rings. The average Bonchev–Trinajstić information content (AvgIpc) is 2.77. The van der Waals surface area contributed by atoms with Gasteiger partial charge < -0.3 is 0 Å². The summed E-state index contributed by atoms with van der Waals surface area (Å²) >= 11 is 6.90. The van der Waals surface area contributed by atoms with Crippen LogP contribution in [-0.4, -0.2) is 8.42 Å². The van der Waals surface area contributed by atoms with Crippen LogP contribution in [0.2, 0.25) is 5.02 Å². The Morgan fingerprint density at radius 2 is 2.00 bits per heavy atom. The Bertz CT molecular complexity index is 601. The minimum absolute atomic E-state index is 0.0163. The zero-order chi connectivity index (χ0) is 12.5. The number of thiophene rings is 1. The van der Waals surface area contributed by atoms with Gasteiger partial charge in [0.05, 0.1) is 5.75 Å². The molecule has 0 aliphatic heterocycles. The minimum atomic E-state index is -3.52. The molecule has 0 unspecified atom stereocenters. The van der Waals surface area contributed by atoms with Gasteiger partial charge in [0.15, 0.2) is 9.84 Å². The lowest BCUT2D eigenvalue weighted by Gasteiger charge is -2.05. The standard InChI is InChI=1S/C11H8ClFO2S2/c12-9-3-1-4-10(13)8(9)7-17(14,15)11-5-2-6-16-11/h1-6H,7H2. The molecule has 0 bridgehead atoms. The van der Waals surface area contributed by atoms with Crippen molar-refractivity contribution in [2.45, 2.75) is 9.96 Å². The molecule has 0 aliphatic carbocycles. The maximum Gasteiger partial charge on any atom is 0.192 e. The summed E-state index contributed by atoms with van der Waals surface area (Å²) in [6.45, 7) is 0. The molecule has 0 saturated heterocycles. The first-order valence-corrected chi connectivity index (χ1v) is 7.61. The van der Waals surface area contributed by atoms with E-state index in [-0.39, 0.29) is 14.8 Å². The quantitative estimate of drug-likeness (QED) is 0.867. The van der Waals surface area contributed by atoms with Crippen LogP contribution in [0.1, 0.15) is 5.56 Å². The van der Waals surface area contributed by atoms with Crippen LogP contribution in [0, 0.1) is 5.82 Å². The van der Waals surface area contributed by atoms with Crippen molar-refractivity contribution in [3.05, 3.63) is 52.1 Å². The van der Waals surface area contributed by atoms with Crippen LogP contribution in [0.3, 0.4) is 0 Å². The highest BCUT2D eigenvalue weighted by molar-refractivity contribution is 7.92. The Hall–Kier alpha value is -0.910. The summed E-state index contributed by atoms with van der Waals surface area (Å²) in [6, 6.07) is 7.25. The third kappa shape index (κ3) is 2.68. The number of hydrogen-bond acceptors (Lipinski definition) is 3. The van der Waals surface area contributed by atoms with Gasteiger partial charge in [-0.15, -0.1) is 11.3 Å². The van der Waals surface area contributed by atoms with Crippen molar-refractivity contribution >= 4 is 32.8 Å². The van der Waals surface area contributed by atoms with E-state index in [1.165, 1.54) is 24.3 Å². The van der Waals surface area contributed by atoms with Crippen molar-refractivity contribution < 1.29 is 12.8 Å². The van der Waals surface area contributed by atoms with Gasteiger partial charge in [0.2, 0.25) is 0 Å². The second-order valence-electron chi connectivity index (χ2n) is 3.39. The van der Waals surface area contributed by atoms with Gasteiger partial charge in [-0.25, -0.2) is 12.8 Å². The van der Waals surface area contributed by atoms with E-state index >= 15 is 0 Å². The molecule has 0 atom stereocenters. The summed E-state index contributed by atoms with van der Waals surface area (Å²) in [7, 11) is -3.52. The molecule has 1 aromatic heterocycles. The third-order valence-corrected chi connectivity index (χ3v) is 5.68. The maximum absolute atomic E-state index is 13.5. The van der Waals surface area contributed by atoms with Crippen molar-refractivity contribution in [3.63, 3.8) is 0 Å². The van der Waals surface area contributed by atoms with Crippen LogP contribution in [0.4, 0.5) is 4.39 Å². The fourth-order valence-electron chi connectivity index (χ4n) is 1.37. The van der Waals surface area contributed by atoms with E-state index in [1.54, 1.807) is 11.4 Å². The molecule has 0 fully saturated rings. The predicted molar refractivity (Wildman–Crippen MR) is 66.6 cm³/mol. The van der Waals surface area contributed by atoms with Crippen LogP contribution in [0.15, 0.2) is 39.9 Å². The summed E-state index contributed by atoms with van der Waals surface area (Å²) in [5, 5.41) is 1.79. The van der Waals surface area contributed by atoms with E-state index in [0.29, 0.717) is 0 Å². The second kappa shape index (κ2) is 4.76. The number of halogens is 2. The van der Waals surface area contributed by atoms with Crippen LogP contribution in [0.25, 0.3) is 0 Å². The largest absolute Gasteiger partial charge is 0.223 e. The van der Waals surface area contributed by atoms with Gasteiger partial charge in [0, 0.05) is 10.6 Å². The smallest absolute Gasteiger partial charge is 0.192 e. The molecule has 90 valence electrons. The second-order valence-corrected chi connectivity index (χ2v) is 6.96. The lowest BCUT2D eigenvalue weighted by Crippen LogP contribution is -2.05. The van der Waals surface area contributed by atoms with Crippen LogP contribution in [0.5, 0.6) is 0 Å². The molecule has 0 amide bonds. The van der Waals surface area contributed by atoms with E-state index in [9.17, 15) is 12.8 Å². The Kier molecular flexibility index (Phi) is 3.51. The minimum Gasteiger partial charge on any atom is -0.223 e. The van der Waals surface area contributed by atoms with E-state index in [4.69, 9.17) is 11.6 Å². The predicted octanol–water partition coefficient (Wildman–Crippen LogP) is 3.51. The molecular weight excluding hydrogens is 283 g/mol. The van der Waals surface area contributed by atoms with Gasteiger partial charge in [-0.3, -0.25) is 0 Å². The molecule has 0 radical (unpaired) electrons. The summed E-state index contributed by atoms with van der Waals surface area (Å²) in [6.07, 6.45) is 0. The molecule has 6 heteroatoms. The molecule has 0 aliphatic rings. The zero-order valence-corrected chi connectivity index (χ0v) is 10.9. The van der Waals surface area contributed by atoms with Gasteiger partial charge in [-0.05, 0) is 23.6 Å². The van der Waals surface area contributed by atoms with Gasteiger partial charge in [-0.1, -0.05) is 23.7 Å². The maximum atomic E-state index is 13.5. The van der Waals surface area contributed by atoms with Gasteiger partial charge in [0.25, 0.3) is 0 Å². The van der Waals surface area contributed by atoms with E-state index in [1.807, 2.05) is 0 Å². The van der Waals surface area contributed by atoms with Crippen molar-refractivity contribution in [3.8, 4) is 0 Å². The molecular formula is C11H8ClFO2S2. The summed E-state index contributed by atoms with van der Waals surface area (Å²) in [5.74, 6) is -1.02. The average molecular weight is 291 g/mol. The Morgan fingerprint density at radius 3 is 2.59 bits per heavy atom. The number of benzene rings is 1. The van der Waals surface area contributed by atoms with E-state index in [2.05, 4.69) is 0 Å². The van der Waals surface area contributed by atoms with Crippen molar-refractivity contribution in [1.29, 1.82) is 0 Å². The monoisotopic (exact) mass is 290 g/mol. The molecule has 0 spiro atoms. The lowest BCUT2D eigenvalue weighted by atomic mass is 10.2. The topological polar surface area (TPSA) is 34.1 Å². The molecule has 1 heterocycles. The highest BCUT2D eigenvalue weighted by atomic mass is 35.5. The normalized spacial score (nSPS) is 11.6. The summed E-state index contributed by atoms with van der Waals surface area (Å²) in [4.78, 5) is 0.